The molecule has 3 atom stereocenters. The number of aliphatic hydroxyl groups is 1. The van der Waals surface area contributed by atoms with Crippen LogP contribution in [0.25, 0.3) is 0 Å². The van der Waals surface area contributed by atoms with E-state index >= 15 is 0 Å². The summed E-state index contributed by atoms with van der Waals surface area (Å²) in [6.45, 7) is 3.75. The van der Waals surface area contributed by atoms with Gasteiger partial charge in [-0.2, -0.15) is 0 Å². The monoisotopic (exact) mass is 211 g/mol. The van der Waals surface area contributed by atoms with Gasteiger partial charge in [0.25, 0.3) is 0 Å². The first-order valence-corrected chi connectivity index (χ1v) is 6.65. The Morgan fingerprint density at radius 2 is 1.87 bits per heavy atom. The van der Waals surface area contributed by atoms with Crippen LogP contribution in [0, 0.1) is 17.8 Å². The second-order valence-corrected chi connectivity index (χ2v) is 5.53. The summed E-state index contributed by atoms with van der Waals surface area (Å²) < 4.78 is 0. The average Bonchev–Trinajstić information content (AvgIpc) is 2.31. The molecular formula is C13H25NO. The molecule has 0 spiro atoms. The Hall–Kier alpha value is -0.0800. The smallest absolute Gasteiger partial charge is 0.0474 e. The van der Waals surface area contributed by atoms with Crippen LogP contribution < -0.4 is 5.32 Å². The maximum absolute atomic E-state index is 9.34. The van der Waals surface area contributed by atoms with Gasteiger partial charge in [-0.1, -0.05) is 32.1 Å². The zero-order chi connectivity index (χ0) is 10.7. The van der Waals surface area contributed by atoms with Crippen LogP contribution in [-0.4, -0.2) is 24.3 Å². The predicted molar refractivity (Wildman–Crippen MR) is 62.7 cm³/mol. The van der Waals surface area contributed by atoms with Gasteiger partial charge in [0, 0.05) is 12.6 Å². The minimum atomic E-state index is 0.359. The lowest BCUT2D eigenvalue weighted by molar-refractivity contribution is 0.101. The van der Waals surface area contributed by atoms with Crippen molar-refractivity contribution >= 4 is 0 Å². The minimum absolute atomic E-state index is 0.359. The molecule has 0 radical (unpaired) electrons. The summed E-state index contributed by atoms with van der Waals surface area (Å²) in [6, 6.07) is 0.509. The van der Waals surface area contributed by atoms with Gasteiger partial charge in [0.15, 0.2) is 0 Å². The zero-order valence-corrected chi connectivity index (χ0v) is 9.91. The van der Waals surface area contributed by atoms with Crippen LogP contribution in [0.2, 0.25) is 0 Å². The van der Waals surface area contributed by atoms with E-state index in [0.29, 0.717) is 18.6 Å². The Labute approximate surface area is 93.5 Å². The second-order valence-electron chi connectivity index (χ2n) is 5.53. The Morgan fingerprint density at radius 1 is 1.13 bits per heavy atom. The Kier molecular flexibility index (Phi) is 4.04. The summed E-state index contributed by atoms with van der Waals surface area (Å²) >= 11 is 0. The summed E-state index contributed by atoms with van der Waals surface area (Å²) in [7, 11) is 0. The van der Waals surface area contributed by atoms with Crippen LogP contribution in [0.1, 0.15) is 45.4 Å². The molecule has 1 aliphatic carbocycles. The number of aliphatic hydroxyl groups excluding tert-OH is 1. The molecule has 0 aromatic heterocycles. The SMILES string of the molecule is CC1NCC(C2CCCCC2)CC1CO. The van der Waals surface area contributed by atoms with E-state index in [2.05, 4.69) is 12.2 Å². The number of hydrogen-bond acceptors (Lipinski definition) is 2. The van der Waals surface area contributed by atoms with Gasteiger partial charge in [-0.25, -0.2) is 0 Å². The highest BCUT2D eigenvalue weighted by atomic mass is 16.3. The van der Waals surface area contributed by atoms with Gasteiger partial charge < -0.3 is 10.4 Å². The third kappa shape index (κ3) is 2.73. The first-order chi connectivity index (χ1) is 7.31. The van der Waals surface area contributed by atoms with E-state index in [4.69, 9.17) is 0 Å². The topological polar surface area (TPSA) is 32.3 Å². The van der Waals surface area contributed by atoms with Gasteiger partial charge in [-0.05, 0) is 37.6 Å². The summed E-state index contributed by atoms with van der Waals surface area (Å²) in [5, 5.41) is 12.9. The molecule has 0 aromatic rings. The molecule has 2 nitrogen and oxygen atoms in total. The Bertz CT molecular complexity index is 189. The third-order valence-electron chi connectivity index (χ3n) is 4.57. The van der Waals surface area contributed by atoms with Crippen molar-refractivity contribution in [2.45, 2.75) is 51.5 Å². The Balaban J connectivity index is 1.87. The van der Waals surface area contributed by atoms with Crippen LogP contribution >= 0.6 is 0 Å². The summed E-state index contributed by atoms with van der Waals surface area (Å²) in [5.41, 5.74) is 0. The van der Waals surface area contributed by atoms with Crippen molar-refractivity contribution < 1.29 is 5.11 Å². The van der Waals surface area contributed by atoms with E-state index in [1.807, 2.05) is 0 Å². The van der Waals surface area contributed by atoms with E-state index in [1.165, 1.54) is 45.1 Å². The molecule has 1 saturated heterocycles. The average molecular weight is 211 g/mol. The standard InChI is InChI=1S/C13H25NO/c1-10-13(9-15)7-12(8-14-10)11-5-3-2-4-6-11/h10-15H,2-9H2,1H3. The van der Waals surface area contributed by atoms with E-state index in [0.717, 1.165) is 11.8 Å². The molecular weight excluding hydrogens is 186 g/mol. The first kappa shape index (κ1) is 11.4. The lowest BCUT2D eigenvalue weighted by atomic mass is 9.73. The predicted octanol–water partition coefficient (Wildman–Crippen LogP) is 2.17. The number of piperidine rings is 1. The van der Waals surface area contributed by atoms with Crippen LogP contribution in [0.4, 0.5) is 0 Å². The van der Waals surface area contributed by atoms with Crippen LogP contribution in [0.15, 0.2) is 0 Å². The van der Waals surface area contributed by atoms with Crippen molar-refractivity contribution in [1.29, 1.82) is 0 Å². The molecule has 1 heterocycles. The van der Waals surface area contributed by atoms with E-state index < -0.39 is 0 Å². The molecule has 2 heteroatoms. The first-order valence-electron chi connectivity index (χ1n) is 6.65. The number of hydrogen-bond donors (Lipinski definition) is 2. The van der Waals surface area contributed by atoms with Gasteiger partial charge in [0.1, 0.15) is 0 Å². The molecule has 2 N–H and O–H groups in total. The molecule has 88 valence electrons. The summed E-state index contributed by atoms with van der Waals surface area (Å²) in [6.07, 6.45) is 8.41. The van der Waals surface area contributed by atoms with Gasteiger partial charge >= 0.3 is 0 Å². The zero-order valence-electron chi connectivity index (χ0n) is 9.91. The maximum atomic E-state index is 9.34. The van der Waals surface area contributed by atoms with Crippen molar-refractivity contribution in [3.63, 3.8) is 0 Å². The molecule has 2 aliphatic rings. The van der Waals surface area contributed by atoms with Crippen molar-refractivity contribution in [2.24, 2.45) is 17.8 Å². The molecule has 2 rings (SSSR count). The van der Waals surface area contributed by atoms with Gasteiger partial charge in [-0.3, -0.25) is 0 Å². The molecule has 3 unspecified atom stereocenters. The molecule has 15 heavy (non-hydrogen) atoms. The van der Waals surface area contributed by atoms with Crippen molar-refractivity contribution in [3.8, 4) is 0 Å². The van der Waals surface area contributed by atoms with Gasteiger partial charge in [0.05, 0.1) is 0 Å². The fourth-order valence-electron chi connectivity index (χ4n) is 3.38. The lowest BCUT2D eigenvalue weighted by Gasteiger charge is -2.39. The van der Waals surface area contributed by atoms with Gasteiger partial charge in [0.2, 0.25) is 0 Å². The van der Waals surface area contributed by atoms with E-state index in [1.54, 1.807) is 0 Å². The fraction of sp³-hybridized carbons (Fsp3) is 1.00. The largest absolute Gasteiger partial charge is 0.396 e. The maximum Gasteiger partial charge on any atom is 0.0474 e. The van der Waals surface area contributed by atoms with Crippen LogP contribution in [0.3, 0.4) is 0 Å². The van der Waals surface area contributed by atoms with Crippen molar-refractivity contribution in [1.82, 2.24) is 5.32 Å². The van der Waals surface area contributed by atoms with Crippen molar-refractivity contribution in [2.75, 3.05) is 13.2 Å². The summed E-state index contributed by atoms with van der Waals surface area (Å²) in [5.74, 6) is 2.26. The molecule has 1 saturated carbocycles. The third-order valence-corrected chi connectivity index (χ3v) is 4.57. The molecule has 0 bridgehead atoms. The lowest BCUT2D eigenvalue weighted by Crippen LogP contribution is -2.47. The second kappa shape index (κ2) is 5.31. The normalized spacial score (nSPS) is 39.2. The van der Waals surface area contributed by atoms with Gasteiger partial charge in [-0.15, -0.1) is 0 Å². The highest BCUT2D eigenvalue weighted by Gasteiger charge is 2.31. The Morgan fingerprint density at radius 3 is 2.53 bits per heavy atom. The quantitative estimate of drug-likeness (QED) is 0.733. The van der Waals surface area contributed by atoms with E-state index in [9.17, 15) is 5.11 Å². The molecule has 1 aliphatic heterocycles. The van der Waals surface area contributed by atoms with E-state index in [-0.39, 0.29) is 0 Å². The highest BCUT2D eigenvalue weighted by Crippen LogP contribution is 2.35. The highest BCUT2D eigenvalue weighted by molar-refractivity contribution is 4.86. The number of nitrogens with one attached hydrogen (secondary N) is 1. The minimum Gasteiger partial charge on any atom is -0.396 e. The van der Waals surface area contributed by atoms with Crippen LogP contribution in [0.5, 0.6) is 0 Å². The number of rotatable bonds is 2. The molecule has 0 amide bonds. The van der Waals surface area contributed by atoms with Crippen LogP contribution in [-0.2, 0) is 0 Å². The van der Waals surface area contributed by atoms with Crippen molar-refractivity contribution in [3.05, 3.63) is 0 Å². The fourth-order valence-corrected chi connectivity index (χ4v) is 3.38. The molecule has 2 fully saturated rings. The molecule has 0 aromatic carbocycles. The summed E-state index contributed by atoms with van der Waals surface area (Å²) in [4.78, 5) is 0.